The molecule has 0 heterocycles. The van der Waals surface area contributed by atoms with Gasteiger partial charge >= 0.3 is 5.97 Å². The van der Waals surface area contributed by atoms with Crippen LogP contribution in [0.25, 0.3) is 0 Å². The van der Waals surface area contributed by atoms with Crippen LogP contribution in [-0.4, -0.2) is 18.5 Å². The average molecular weight is 297 g/mol. The van der Waals surface area contributed by atoms with Gasteiger partial charge in [0, 0.05) is 11.3 Å². The quantitative estimate of drug-likeness (QED) is 0.875. The fraction of sp³-hybridized carbons (Fsp3) is 0.222. The monoisotopic (exact) mass is 297 g/mol. The first-order valence-electron chi connectivity index (χ1n) is 7.17. The number of anilines is 1. The van der Waals surface area contributed by atoms with E-state index in [4.69, 9.17) is 4.74 Å². The SMILES string of the molecule is CCOC(=O)c1ccc(NC(=O)c2ccccc2C)cc1C. The predicted octanol–water partition coefficient (Wildman–Crippen LogP) is 3.73. The highest BCUT2D eigenvalue weighted by Crippen LogP contribution is 2.18. The summed E-state index contributed by atoms with van der Waals surface area (Å²) in [5.74, 6) is -0.516. The lowest BCUT2D eigenvalue weighted by Gasteiger charge is -2.10. The molecule has 2 aromatic carbocycles. The molecule has 2 aromatic rings. The molecule has 0 unspecified atom stereocenters. The van der Waals surface area contributed by atoms with Crippen molar-refractivity contribution < 1.29 is 14.3 Å². The molecule has 0 fully saturated rings. The molecule has 0 spiro atoms. The number of hydrogen-bond donors (Lipinski definition) is 1. The molecule has 0 aliphatic heterocycles. The molecule has 2 rings (SSSR count). The van der Waals surface area contributed by atoms with Crippen LogP contribution >= 0.6 is 0 Å². The van der Waals surface area contributed by atoms with Crippen LogP contribution in [-0.2, 0) is 4.74 Å². The number of benzene rings is 2. The Bertz CT molecular complexity index is 707. The van der Waals surface area contributed by atoms with Crippen molar-refractivity contribution in [2.24, 2.45) is 0 Å². The largest absolute Gasteiger partial charge is 0.462 e. The summed E-state index contributed by atoms with van der Waals surface area (Å²) < 4.78 is 4.99. The molecule has 4 heteroatoms. The predicted molar refractivity (Wildman–Crippen MR) is 86.3 cm³/mol. The Kier molecular flexibility index (Phi) is 4.94. The Hall–Kier alpha value is -2.62. The smallest absolute Gasteiger partial charge is 0.338 e. The van der Waals surface area contributed by atoms with E-state index in [2.05, 4.69) is 5.32 Å². The maximum absolute atomic E-state index is 12.3. The van der Waals surface area contributed by atoms with Crippen molar-refractivity contribution >= 4 is 17.6 Å². The number of aryl methyl sites for hydroxylation is 2. The minimum absolute atomic E-state index is 0.165. The standard InChI is InChI=1S/C18H19NO3/c1-4-22-18(21)16-10-9-14(11-13(16)3)19-17(20)15-8-6-5-7-12(15)2/h5-11H,4H2,1-3H3,(H,19,20). The minimum atomic E-state index is -0.350. The van der Waals surface area contributed by atoms with Gasteiger partial charge in [0.05, 0.1) is 12.2 Å². The molecule has 0 saturated heterocycles. The van der Waals surface area contributed by atoms with Gasteiger partial charge in [0.1, 0.15) is 0 Å². The molecule has 0 radical (unpaired) electrons. The molecule has 0 aromatic heterocycles. The highest BCUT2D eigenvalue weighted by atomic mass is 16.5. The minimum Gasteiger partial charge on any atom is -0.462 e. The number of ether oxygens (including phenoxy) is 1. The average Bonchev–Trinajstić information content (AvgIpc) is 2.47. The molecule has 0 saturated carbocycles. The summed E-state index contributed by atoms with van der Waals surface area (Å²) >= 11 is 0. The second-order valence-corrected chi connectivity index (χ2v) is 5.02. The van der Waals surface area contributed by atoms with Gasteiger partial charge in [0.15, 0.2) is 0 Å². The zero-order valence-corrected chi connectivity index (χ0v) is 13.0. The number of carbonyl (C=O) groups excluding carboxylic acids is 2. The lowest BCUT2D eigenvalue weighted by atomic mass is 10.1. The summed E-state index contributed by atoms with van der Waals surface area (Å²) in [5, 5.41) is 2.85. The van der Waals surface area contributed by atoms with Crippen LogP contribution in [0, 0.1) is 13.8 Å². The van der Waals surface area contributed by atoms with E-state index in [1.165, 1.54) is 0 Å². The summed E-state index contributed by atoms with van der Waals surface area (Å²) in [6.45, 7) is 5.81. The van der Waals surface area contributed by atoms with Gasteiger partial charge < -0.3 is 10.1 Å². The van der Waals surface area contributed by atoms with Gasteiger partial charge in [-0.25, -0.2) is 4.79 Å². The van der Waals surface area contributed by atoms with Crippen molar-refractivity contribution in [3.8, 4) is 0 Å². The summed E-state index contributed by atoms with van der Waals surface area (Å²) in [7, 11) is 0. The van der Waals surface area contributed by atoms with Crippen molar-refractivity contribution in [1.82, 2.24) is 0 Å². The van der Waals surface area contributed by atoms with Gasteiger partial charge in [0.2, 0.25) is 0 Å². The van der Waals surface area contributed by atoms with Crippen molar-refractivity contribution in [1.29, 1.82) is 0 Å². The number of esters is 1. The molecule has 1 N–H and O–H groups in total. The van der Waals surface area contributed by atoms with E-state index in [1.54, 1.807) is 31.2 Å². The number of rotatable bonds is 4. The molecule has 1 amide bonds. The first kappa shape index (κ1) is 15.8. The molecular formula is C18H19NO3. The molecule has 0 atom stereocenters. The first-order chi connectivity index (χ1) is 10.5. The van der Waals surface area contributed by atoms with Gasteiger partial charge in [-0.3, -0.25) is 4.79 Å². The highest BCUT2D eigenvalue weighted by molar-refractivity contribution is 6.05. The summed E-state index contributed by atoms with van der Waals surface area (Å²) in [5.41, 5.74) is 3.48. The van der Waals surface area contributed by atoms with Crippen LogP contribution in [0.3, 0.4) is 0 Å². The summed E-state index contributed by atoms with van der Waals surface area (Å²) in [6.07, 6.45) is 0. The van der Waals surface area contributed by atoms with Crippen LogP contribution in [0.15, 0.2) is 42.5 Å². The number of hydrogen-bond acceptors (Lipinski definition) is 3. The van der Waals surface area contributed by atoms with Crippen LogP contribution in [0.2, 0.25) is 0 Å². The van der Waals surface area contributed by atoms with E-state index < -0.39 is 0 Å². The lowest BCUT2D eigenvalue weighted by molar-refractivity contribution is 0.0525. The Morgan fingerprint density at radius 3 is 2.36 bits per heavy atom. The lowest BCUT2D eigenvalue weighted by Crippen LogP contribution is -2.14. The van der Waals surface area contributed by atoms with E-state index in [9.17, 15) is 9.59 Å². The van der Waals surface area contributed by atoms with Crippen molar-refractivity contribution in [3.05, 3.63) is 64.7 Å². The Labute approximate surface area is 130 Å². The maximum atomic E-state index is 12.3. The number of amides is 1. The van der Waals surface area contributed by atoms with Gasteiger partial charge in [-0.1, -0.05) is 18.2 Å². The fourth-order valence-corrected chi connectivity index (χ4v) is 2.21. The Balaban J connectivity index is 2.18. The van der Waals surface area contributed by atoms with Gasteiger partial charge in [-0.05, 0) is 56.2 Å². The molecule has 0 bridgehead atoms. The van der Waals surface area contributed by atoms with E-state index >= 15 is 0 Å². The van der Waals surface area contributed by atoms with E-state index in [0.29, 0.717) is 23.4 Å². The first-order valence-corrected chi connectivity index (χ1v) is 7.17. The molecule has 0 aliphatic carbocycles. The molecule has 4 nitrogen and oxygen atoms in total. The van der Waals surface area contributed by atoms with Crippen LogP contribution in [0.1, 0.15) is 38.8 Å². The normalized spacial score (nSPS) is 10.1. The number of nitrogens with one attached hydrogen (secondary N) is 1. The molecular weight excluding hydrogens is 278 g/mol. The number of carbonyl (C=O) groups is 2. The highest BCUT2D eigenvalue weighted by Gasteiger charge is 2.12. The molecule has 0 aliphatic rings. The second kappa shape index (κ2) is 6.89. The van der Waals surface area contributed by atoms with E-state index in [0.717, 1.165) is 11.1 Å². The van der Waals surface area contributed by atoms with Crippen LogP contribution in [0.5, 0.6) is 0 Å². The Morgan fingerprint density at radius 2 is 1.73 bits per heavy atom. The van der Waals surface area contributed by atoms with Gasteiger partial charge in [-0.15, -0.1) is 0 Å². The van der Waals surface area contributed by atoms with E-state index in [1.807, 2.05) is 32.0 Å². The Morgan fingerprint density at radius 1 is 1.00 bits per heavy atom. The second-order valence-electron chi connectivity index (χ2n) is 5.02. The molecule has 22 heavy (non-hydrogen) atoms. The third-order valence-corrected chi connectivity index (χ3v) is 3.37. The zero-order valence-electron chi connectivity index (χ0n) is 13.0. The van der Waals surface area contributed by atoms with E-state index in [-0.39, 0.29) is 11.9 Å². The summed E-state index contributed by atoms with van der Waals surface area (Å²) in [6, 6.07) is 12.5. The van der Waals surface area contributed by atoms with Crippen molar-refractivity contribution in [2.75, 3.05) is 11.9 Å². The van der Waals surface area contributed by atoms with Crippen LogP contribution < -0.4 is 5.32 Å². The van der Waals surface area contributed by atoms with Crippen LogP contribution in [0.4, 0.5) is 5.69 Å². The van der Waals surface area contributed by atoms with Gasteiger partial charge in [0.25, 0.3) is 5.91 Å². The van der Waals surface area contributed by atoms with Crippen molar-refractivity contribution in [3.63, 3.8) is 0 Å². The third-order valence-electron chi connectivity index (χ3n) is 3.37. The maximum Gasteiger partial charge on any atom is 0.338 e. The van der Waals surface area contributed by atoms with Crippen molar-refractivity contribution in [2.45, 2.75) is 20.8 Å². The zero-order chi connectivity index (χ0) is 16.1. The third kappa shape index (κ3) is 3.52. The molecule has 114 valence electrons. The van der Waals surface area contributed by atoms with Gasteiger partial charge in [-0.2, -0.15) is 0 Å². The topological polar surface area (TPSA) is 55.4 Å². The fourth-order valence-electron chi connectivity index (χ4n) is 2.21. The summed E-state index contributed by atoms with van der Waals surface area (Å²) in [4.78, 5) is 24.0.